The van der Waals surface area contributed by atoms with E-state index in [2.05, 4.69) is 5.32 Å². The number of anilines is 1. The number of para-hydroxylation sites is 1. The van der Waals surface area contributed by atoms with Gasteiger partial charge >= 0.3 is 12.1 Å². The van der Waals surface area contributed by atoms with E-state index >= 15 is 0 Å². The standard InChI is InChI=1S/C16H19F3N2O3.ClH/c1-9-4-3-5-10(2)14(9)20-13(22)8-21-6-11(15(23)24)12(7-21)16(17,18)19;/h3-5,11-12H,6-8H2,1-2H3,(H,20,22)(H,23,24);1H/t11-,12-;/m1./s1. The number of carboxylic acid groups (broad SMARTS) is 1. The number of aliphatic carboxylic acids is 1. The van der Waals surface area contributed by atoms with Gasteiger partial charge in [0.1, 0.15) is 0 Å². The molecule has 1 amide bonds. The molecule has 2 atom stereocenters. The van der Waals surface area contributed by atoms with Crippen LogP contribution in [0.5, 0.6) is 0 Å². The lowest BCUT2D eigenvalue weighted by Gasteiger charge is -2.18. The monoisotopic (exact) mass is 380 g/mol. The van der Waals surface area contributed by atoms with Gasteiger partial charge in [0.25, 0.3) is 0 Å². The highest BCUT2D eigenvalue weighted by Crippen LogP contribution is 2.37. The van der Waals surface area contributed by atoms with Crippen molar-refractivity contribution >= 4 is 30.0 Å². The minimum absolute atomic E-state index is 0. The topological polar surface area (TPSA) is 69.6 Å². The molecule has 25 heavy (non-hydrogen) atoms. The van der Waals surface area contributed by atoms with Crippen LogP contribution in [-0.2, 0) is 9.59 Å². The molecule has 140 valence electrons. The predicted molar refractivity (Wildman–Crippen MR) is 88.9 cm³/mol. The Kier molecular flexibility index (Phi) is 6.84. The Morgan fingerprint density at radius 3 is 2.24 bits per heavy atom. The molecule has 5 nitrogen and oxygen atoms in total. The predicted octanol–water partition coefficient (Wildman–Crippen LogP) is 2.86. The first-order valence-corrected chi connectivity index (χ1v) is 7.47. The Hall–Kier alpha value is -1.80. The van der Waals surface area contributed by atoms with E-state index in [4.69, 9.17) is 5.11 Å². The van der Waals surface area contributed by atoms with Crippen molar-refractivity contribution in [3.8, 4) is 0 Å². The largest absolute Gasteiger partial charge is 0.481 e. The van der Waals surface area contributed by atoms with Crippen molar-refractivity contribution in [1.29, 1.82) is 0 Å². The third-order valence-corrected chi connectivity index (χ3v) is 4.25. The van der Waals surface area contributed by atoms with Crippen LogP contribution in [0.3, 0.4) is 0 Å². The van der Waals surface area contributed by atoms with Gasteiger partial charge in [0, 0.05) is 18.8 Å². The summed E-state index contributed by atoms with van der Waals surface area (Å²) < 4.78 is 38.8. The molecule has 0 aromatic heterocycles. The number of halogens is 4. The summed E-state index contributed by atoms with van der Waals surface area (Å²) in [6, 6.07) is 5.48. The number of alkyl halides is 3. The second-order valence-electron chi connectivity index (χ2n) is 6.10. The van der Waals surface area contributed by atoms with Gasteiger partial charge in [-0.2, -0.15) is 13.2 Å². The van der Waals surface area contributed by atoms with Crippen LogP contribution in [-0.4, -0.2) is 47.7 Å². The maximum absolute atomic E-state index is 12.9. The van der Waals surface area contributed by atoms with Gasteiger partial charge in [0.15, 0.2) is 0 Å². The zero-order valence-corrected chi connectivity index (χ0v) is 14.6. The van der Waals surface area contributed by atoms with Crippen molar-refractivity contribution in [2.45, 2.75) is 20.0 Å². The summed E-state index contributed by atoms with van der Waals surface area (Å²) in [5.41, 5.74) is 2.33. The summed E-state index contributed by atoms with van der Waals surface area (Å²) in [5.74, 6) is -5.45. The van der Waals surface area contributed by atoms with Gasteiger partial charge < -0.3 is 10.4 Å². The number of hydrogen-bond acceptors (Lipinski definition) is 3. The number of rotatable bonds is 4. The lowest BCUT2D eigenvalue weighted by atomic mass is 9.96. The van der Waals surface area contributed by atoms with Gasteiger partial charge in [-0.25, -0.2) is 0 Å². The second-order valence-corrected chi connectivity index (χ2v) is 6.10. The lowest BCUT2D eigenvalue weighted by molar-refractivity contribution is -0.188. The van der Waals surface area contributed by atoms with Gasteiger partial charge in [0.2, 0.25) is 5.91 Å². The van der Waals surface area contributed by atoms with Crippen molar-refractivity contribution < 1.29 is 27.9 Å². The van der Waals surface area contributed by atoms with Gasteiger partial charge in [0.05, 0.1) is 18.4 Å². The van der Waals surface area contributed by atoms with Gasteiger partial charge in [-0.15, -0.1) is 12.4 Å². The first-order valence-electron chi connectivity index (χ1n) is 7.47. The number of aryl methyl sites for hydroxylation is 2. The van der Waals surface area contributed by atoms with Crippen LogP contribution < -0.4 is 5.32 Å². The summed E-state index contributed by atoms with van der Waals surface area (Å²) in [7, 11) is 0. The fourth-order valence-corrected chi connectivity index (χ4v) is 2.99. The number of carbonyl (C=O) groups is 2. The Bertz CT molecular complexity index is 632. The molecule has 2 N–H and O–H groups in total. The molecule has 1 heterocycles. The van der Waals surface area contributed by atoms with E-state index in [1.165, 1.54) is 4.90 Å². The minimum atomic E-state index is -4.60. The van der Waals surface area contributed by atoms with E-state index in [0.29, 0.717) is 5.69 Å². The molecule has 2 rings (SSSR count). The quantitative estimate of drug-likeness (QED) is 0.842. The zero-order valence-electron chi connectivity index (χ0n) is 13.8. The molecule has 1 aromatic rings. The van der Waals surface area contributed by atoms with Gasteiger partial charge in [-0.05, 0) is 25.0 Å². The second kappa shape index (κ2) is 8.05. The van der Waals surface area contributed by atoms with Crippen molar-refractivity contribution in [2.75, 3.05) is 25.0 Å². The summed E-state index contributed by atoms with van der Waals surface area (Å²) in [4.78, 5) is 24.4. The van der Waals surface area contributed by atoms with E-state index in [9.17, 15) is 22.8 Å². The molecule has 1 fully saturated rings. The number of likely N-dealkylation sites (tertiary alicyclic amines) is 1. The summed E-state index contributed by atoms with van der Waals surface area (Å²) in [6.45, 7) is 2.58. The van der Waals surface area contributed by atoms with Crippen LogP contribution >= 0.6 is 12.4 Å². The third-order valence-electron chi connectivity index (χ3n) is 4.25. The van der Waals surface area contributed by atoms with E-state index in [-0.39, 0.29) is 25.5 Å². The molecule has 9 heteroatoms. The number of carboxylic acids is 1. The SMILES string of the molecule is Cc1cccc(C)c1NC(=O)CN1C[C@@H](C(F)(F)F)[C@H](C(=O)O)C1.Cl. The number of nitrogens with zero attached hydrogens (tertiary/aromatic N) is 1. The Morgan fingerprint density at radius 1 is 1.24 bits per heavy atom. The highest BCUT2D eigenvalue weighted by Gasteiger charge is 2.52. The number of carbonyl (C=O) groups excluding carboxylic acids is 1. The Labute approximate surface area is 149 Å². The molecule has 1 saturated heterocycles. The van der Waals surface area contributed by atoms with Crippen molar-refractivity contribution in [2.24, 2.45) is 11.8 Å². The molecule has 0 radical (unpaired) electrons. The van der Waals surface area contributed by atoms with Gasteiger partial charge in [-0.3, -0.25) is 14.5 Å². The summed E-state index contributed by atoms with van der Waals surface area (Å²) in [6.07, 6.45) is -4.60. The van der Waals surface area contributed by atoms with E-state index in [1.807, 2.05) is 32.0 Å². The maximum Gasteiger partial charge on any atom is 0.393 e. The number of nitrogens with one attached hydrogen (secondary N) is 1. The molecule has 1 aromatic carbocycles. The molecule has 1 aliphatic heterocycles. The molecule has 0 unspecified atom stereocenters. The summed E-state index contributed by atoms with van der Waals surface area (Å²) >= 11 is 0. The Balaban J connectivity index is 0.00000312. The average Bonchev–Trinajstić information content (AvgIpc) is 2.87. The Morgan fingerprint density at radius 2 is 1.80 bits per heavy atom. The zero-order chi connectivity index (χ0) is 18.1. The van der Waals surface area contributed by atoms with Crippen LogP contribution in [0.1, 0.15) is 11.1 Å². The van der Waals surface area contributed by atoms with Crippen molar-refractivity contribution in [3.05, 3.63) is 29.3 Å². The smallest absolute Gasteiger partial charge is 0.393 e. The number of benzene rings is 1. The van der Waals surface area contributed by atoms with Crippen LogP contribution in [0.2, 0.25) is 0 Å². The molecule has 0 aliphatic carbocycles. The van der Waals surface area contributed by atoms with Crippen LogP contribution in [0.4, 0.5) is 18.9 Å². The molecule has 0 bridgehead atoms. The first-order chi connectivity index (χ1) is 11.1. The molecule has 0 saturated carbocycles. The van der Waals surface area contributed by atoms with Crippen LogP contribution in [0.25, 0.3) is 0 Å². The molecule has 1 aliphatic rings. The van der Waals surface area contributed by atoms with E-state index in [1.54, 1.807) is 0 Å². The van der Waals surface area contributed by atoms with Gasteiger partial charge in [-0.1, -0.05) is 18.2 Å². The fraction of sp³-hybridized carbons (Fsp3) is 0.500. The molecular formula is C16H20ClF3N2O3. The number of amides is 1. The van der Waals surface area contributed by atoms with Crippen molar-refractivity contribution in [1.82, 2.24) is 4.90 Å². The van der Waals surface area contributed by atoms with Crippen LogP contribution in [0.15, 0.2) is 18.2 Å². The molecule has 0 spiro atoms. The number of hydrogen-bond donors (Lipinski definition) is 2. The van der Waals surface area contributed by atoms with Crippen LogP contribution in [0, 0.1) is 25.7 Å². The average molecular weight is 381 g/mol. The minimum Gasteiger partial charge on any atom is -0.481 e. The highest BCUT2D eigenvalue weighted by atomic mass is 35.5. The highest BCUT2D eigenvalue weighted by molar-refractivity contribution is 5.93. The van der Waals surface area contributed by atoms with Crippen molar-refractivity contribution in [3.63, 3.8) is 0 Å². The maximum atomic E-state index is 12.9. The lowest BCUT2D eigenvalue weighted by Crippen LogP contribution is -2.34. The van der Waals surface area contributed by atoms with E-state index < -0.39 is 36.4 Å². The third kappa shape index (κ3) is 5.09. The van der Waals surface area contributed by atoms with E-state index in [0.717, 1.165) is 11.1 Å². The fourth-order valence-electron chi connectivity index (χ4n) is 2.99. The normalized spacial score (nSPS) is 20.8. The molecular weight excluding hydrogens is 361 g/mol. The first kappa shape index (κ1) is 21.2. The summed E-state index contributed by atoms with van der Waals surface area (Å²) in [5, 5.41) is 11.7.